The van der Waals surface area contributed by atoms with Gasteiger partial charge >= 0.3 is 39.5 Å². The van der Waals surface area contributed by atoms with Crippen LogP contribution in [0.5, 0.6) is 0 Å². The molecule has 19 heteroatoms. The van der Waals surface area contributed by atoms with Crippen LogP contribution in [0.2, 0.25) is 0 Å². The highest BCUT2D eigenvalue weighted by Crippen LogP contribution is 2.45. The Morgan fingerprint density at radius 3 is 0.760 bits per heavy atom. The molecule has 0 bridgehead atoms. The van der Waals surface area contributed by atoms with E-state index in [1.165, 1.54) is 225 Å². The van der Waals surface area contributed by atoms with Crippen LogP contribution in [0.15, 0.2) is 0 Å². The molecular formula is C81H158O17P2. The monoisotopic (exact) mass is 1470 g/mol. The molecule has 100 heavy (non-hydrogen) atoms. The highest BCUT2D eigenvalue weighted by Gasteiger charge is 2.30. The molecule has 0 amide bonds. The fourth-order valence-corrected chi connectivity index (χ4v) is 14.0. The molecule has 0 aromatic rings. The molecule has 0 aliphatic heterocycles. The first-order chi connectivity index (χ1) is 48.3. The first-order valence-electron chi connectivity index (χ1n) is 41.9. The predicted molar refractivity (Wildman–Crippen MR) is 409 cm³/mol. The molecule has 0 radical (unpaired) electrons. The average Bonchev–Trinajstić information content (AvgIpc) is 0.933. The van der Waals surface area contributed by atoms with Crippen molar-refractivity contribution >= 4 is 39.5 Å². The normalized spacial score (nSPS) is 14.2. The van der Waals surface area contributed by atoms with Crippen molar-refractivity contribution in [1.82, 2.24) is 0 Å². The number of aliphatic hydroxyl groups excluding tert-OH is 1. The van der Waals surface area contributed by atoms with Crippen LogP contribution in [0.1, 0.15) is 421 Å². The zero-order chi connectivity index (χ0) is 73.7. The molecule has 0 heterocycles. The van der Waals surface area contributed by atoms with Crippen molar-refractivity contribution in [3.05, 3.63) is 0 Å². The molecular weight excluding hydrogens is 1310 g/mol. The minimum Gasteiger partial charge on any atom is -0.462 e. The third-order valence-corrected chi connectivity index (χ3v) is 21.1. The Morgan fingerprint density at radius 1 is 0.290 bits per heavy atom. The van der Waals surface area contributed by atoms with Crippen LogP contribution in [0.3, 0.4) is 0 Å². The lowest BCUT2D eigenvalue weighted by Crippen LogP contribution is -2.30. The summed E-state index contributed by atoms with van der Waals surface area (Å²) < 4.78 is 68.7. The van der Waals surface area contributed by atoms with Gasteiger partial charge in [-0.15, -0.1) is 0 Å². The SMILES string of the molecule is CCCCCCCCCCCCCCCCCCCCCCC(=O)O[C@H](COC(=O)CCCCCCCCCCCCCCCC(C)C)COP(=O)(O)OC[C@@H](O)COP(=O)(O)OC[C@@H](COC(=O)CCCCCCCCCC(C)C)OC(=O)CCCCCCCCCCCCC(C)CC. The second-order valence-electron chi connectivity index (χ2n) is 30.4. The largest absolute Gasteiger partial charge is 0.472 e. The van der Waals surface area contributed by atoms with Crippen LogP contribution in [0.25, 0.3) is 0 Å². The Bertz CT molecular complexity index is 1940. The van der Waals surface area contributed by atoms with E-state index < -0.39 is 97.5 Å². The standard InChI is InChI=1S/C81H158O17P2/c1-8-10-11-12-13-14-15-16-17-18-19-20-21-22-25-29-35-42-50-57-64-80(85)97-76(68-91-78(83)62-55-48-41-34-28-26-23-24-27-32-38-45-52-59-72(3)4)70-95-99(87,88)93-66-75(82)67-94-100(89,90)96-71-77(69-92-79(84)63-56-49-44-37-39-46-53-60-73(5)6)98-81(86)65-58-51-43-36-31-30-33-40-47-54-61-74(7)9-2/h72-77,82H,8-71H2,1-7H3,(H,87,88)(H,89,90)/t74?,75-,76-,77-/m1/s1. The molecule has 0 aliphatic rings. The summed E-state index contributed by atoms with van der Waals surface area (Å²) in [6.07, 6.45) is 59.7. The maximum Gasteiger partial charge on any atom is 0.472 e. The first-order valence-corrected chi connectivity index (χ1v) is 44.9. The summed E-state index contributed by atoms with van der Waals surface area (Å²) in [6, 6.07) is 0. The van der Waals surface area contributed by atoms with Gasteiger partial charge in [0.15, 0.2) is 12.2 Å². The molecule has 0 aliphatic carbocycles. The second-order valence-corrected chi connectivity index (χ2v) is 33.3. The van der Waals surface area contributed by atoms with Crippen molar-refractivity contribution in [3.63, 3.8) is 0 Å². The molecule has 6 atom stereocenters. The van der Waals surface area contributed by atoms with E-state index in [1.807, 2.05) is 0 Å². The van der Waals surface area contributed by atoms with Gasteiger partial charge in [-0.05, 0) is 43.4 Å². The minimum atomic E-state index is -4.96. The van der Waals surface area contributed by atoms with Gasteiger partial charge in [0.05, 0.1) is 26.4 Å². The molecule has 0 aromatic heterocycles. The van der Waals surface area contributed by atoms with E-state index in [1.54, 1.807) is 0 Å². The van der Waals surface area contributed by atoms with Crippen molar-refractivity contribution < 1.29 is 80.2 Å². The summed E-state index contributed by atoms with van der Waals surface area (Å²) in [4.78, 5) is 73.0. The van der Waals surface area contributed by atoms with Crippen molar-refractivity contribution in [3.8, 4) is 0 Å². The van der Waals surface area contributed by atoms with Gasteiger partial charge in [0.2, 0.25) is 0 Å². The molecule has 0 spiro atoms. The highest BCUT2D eigenvalue weighted by atomic mass is 31.2. The average molecular weight is 1470 g/mol. The van der Waals surface area contributed by atoms with Gasteiger partial charge in [-0.3, -0.25) is 37.3 Å². The molecule has 3 N–H and O–H groups in total. The number of esters is 4. The topological polar surface area (TPSA) is 237 Å². The van der Waals surface area contributed by atoms with Gasteiger partial charge in [0, 0.05) is 25.7 Å². The number of ether oxygens (including phenoxy) is 4. The van der Waals surface area contributed by atoms with Crippen LogP contribution in [-0.2, 0) is 65.4 Å². The van der Waals surface area contributed by atoms with Gasteiger partial charge in [0.25, 0.3) is 0 Å². The van der Waals surface area contributed by atoms with Gasteiger partial charge in [-0.1, -0.05) is 370 Å². The Labute approximate surface area is 613 Å². The molecule has 0 fully saturated rings. The van der Waals surface area contributed by atoms with E-state index in [-0.39, 0.29) is 25.7 Å². The van der Waals surface area contributed by atoms with Crippen molar-refractivity contribution in [2.75, 3.05) is 39.6 Å². The number of aliphatic hydroxyl groups is 1. The Balaban J connectivity index is 5.24. The summed E-state index contributed by atoms with van der Waals surface area (Å²) in [6.45, 7) is 11.9. The number of rotatable bonds is 79. The van der Waals surface area contributed by atoms with E-state index >= 15 is 0 Å². The lowest BCUT2D eigenvalue weighted by Gasteiger charge is -2.21. The summed E-state index contributed by atoms with van der Waals surface area (Å²) in [5.74, 6) is 0.186. The van der Waals surface area contributed by atoms with Crippen LogP contribution in [0, 0.1) is 17.8 Å². The molecule has 0 aromatic carbocycles. The number of phosphoric acid groups is 2. The summed E-state index contributed by atoms with van der Waals surface area (Å²) in [7, 11) is -9.92. The fourth-order valence-electron chi connectivity index (χ4n) is 12.5. The maximum atomic E-state index is 13.1. The Morgan fingerprint density at radius 2 is 0.510 bits per heavy atom. The number of unbranched alkanes of at least 4 members (excludes halogenated alkanes) is 46. The lowest BCUT2D eigenvalue weighted by atomic mass is 9.99. The highest BCUT2D eigenvalue weighted by molar-refractivity contribution is 7.47. The summed E-state index contributed by atoms with van der Waals surface area (Å²) >= 11 is 0. The van der Waals surface area contributed by atoms with Crippen molar-refractivity contribution in [1.29, 1.82) is 0 Å². The quantitative estimate of drug-likeness (QED) is 0.0222. The van der Waals surface area contributed by atoms with E-state index in [4.69, 9.17) is 37.0 Å². The Hall–Kier alpha value is -1.94. The van der Waals surface area contributed by atoms with E-state index in [2.05, 4.69) is 48.5 Å². The summed E-state index contributed by atoms with van der Waals surface area (Å²) in [5.41, 5.74) is 0. The van der Waals surface area contributed by atoms with Gasteiger partial charge in [-0.2, -0.15) is 0 Å². The van der Waals surface area contributed by atoms with Crippen LogP contribution < -0.4 is 0 Å². The number of hydrogen-bond acceptors (Lipinski definition) is 15. The molecule has 0 saturated heterocycles. The minimum absolute atomic E-state index is 0.105. The third kappa shape index (κ3) is 73.0. The van der Waals surface area contributed by atoms with Crippen LogP contribution in [0.4, 0.5) is 0 Å². The first kappa shape index (κ1) is 98.1. The fraction of sp³-hybridized carbons (Fsp3) is 0.951. The molecule has 0 saturated carbocycles. The van der Waals surface area contributed by atoms with Crippen LogP contribution in [-0.4, -0.2) is 96.7 Å². The predicted octanol–water partition coefficient (Wildman–Crippen LogP) is 24.1. The van der Waals surface area contributed by atoms with E-state index in [0.29, 0.717) is 31.6 Å². The number of carbonyl (C=O) groups excluding carboxylic acids is 4. The summed E-state index contributed by atoms with van der Waals surface area (Å²) in [5, 5.41) is 10.6. The van der Waals surface area contributed by atoms with Crippen LogP contribution >= 0.6 is 15.6 Å². The molecule has 17 nitrogen and oxygen atoms in total. The van der Waals surface area contributed by atoms with E-state index in [9.17, 15) is 43.2 Å². The molecule has 3 unspecified atom stereocenters. The Kier molecular flexibility index (Phi) is 69.9. The maximum absolute atomic E-state index is 13.1. The number of carbonyl (C=O) groups is 4. The second kappa shape index (κ2) is 71.3. The third-order valence-electron chi connectivity index (χ3n) is 19.2. The zero-order valence-corrected chi connectivity index (χ0v) is 67.5. The zero-order valence-electron chi connectivity index (χ0n) is 65.7. The van der Waals surface area contributed by atoms with Crippen molar-refractivity contribution in [2.45, 2.75) is 439 Å². The molecule has 594 valence electrons. The van der Waals surface area contributed by atoms with Gasteiger partial charge < -0.3 is 33.8 Å². The number of phosphoric ester groups is 2. The molecule has 0 rings (SSSR count). The smallest absolute Gasteiger partial charge is 0.462 e. The van der Waals surface area contributed by atoms with Crippen molar-refractivity contribution in [2.24, 2.45) is 17.8 Å². The van der Waals surface area contributed by atoms with E-state index in [0.717, 1.165) is 108 Å². The van der Waals surface area contributed by atoms with Gasteiger partial charge in [-0.25, -0.2) is 9.13 Å². The number of hydrogen-bond donors (Lipinski definition) is 3. The van der Waals surface area contributed by atoms with Gasteiger partial charge in [0.1, 0.15) is 19.3 Å². The lowest BCUT2D eigenvalue weighted by molar-refractivity contribution is -0.161.